The SMILES string of the molecule is CC(=O)c1ccc(NC(=O)c2ccc3c(c2)C(c2ccc(C)cc2)=CCC3(C)C)cc1. The van der Waals surface area contributed by atoms with Crippen molar-refractivity contribution in [2.45, 2.75) is 39.5 Å². The number of rotatable bonds is 4. The Morgan fingerprint density at radius 2 is 1.52 bits per heavy atom. The molecule has 0 spiro atoms. The van der Waals surface area contributed by atoms with Crippen molar-refractivity contribution in [3.63, 3.8) is 0 Å². The zero-order chi connectivity index (χ0) is 22.2. The Kier molecular flexibility index (Phi) is 5.36. The van der Waals surface area contributed by atoms with Gasteiger partial charge in [0.15, 0.2) is 5.78 Å². The highest BCUT2D eigenvalue weighted by Crippen LogP contribution is 2.41. The van der Waals surface area contributed by atoms with Crippen LogP contribution in [-0.2, 0) is 5.41 Å². The van der Waals surface area contributed by atoms with Crippen molar-refractivity contribution in [2.24, 2.45) is 0 Å². The minimum Gasteiger partial charge on any atom is -0.322 e. The molecule has 156 valence electrons. The van der Waals surface area contributed by atoms with Crippen molar-refractivity contribution in [1.82, 2.24) is 0 Å². The largest absolute Gasteiger partial charge is 0.322 e. The molecule has 1 amide bonds. The van der Waals surface area contributed by atoms with Crippen molar-refractivity contribution < 1.29 is 9.59 Å². The third kappa shape index (κ3) is 4.22. The van der Waals surface area contributed by atoms with E-state index in [1.165, 1.54) is 29.2 Å². The molecule has 0 saturated carbocycles. The molecular formula is C28H27NO2. The first kappa shape index (κ1) is 20.8. The summed E-state index contributed by atoms with van der Waals surface area (Å²) in [6.07, 6.45) is 3.24. The number of carbonyl (C=O) groups is 2. The summed E-state index contributed by atoms with van der Waals surface area (Å²) < 4.78 is 0. The van der Waals surface area contributed by atoms with E-state index in [1.54, 1.807) is 24.3 Å². The van der Waals surface area contributed by atoms with Gasteiger partial charge in [0.1, 0.15) is 0 Å². The molecule has 4 rings (SSSR count). The second kappa shape index (κ2) is 7.99. The molecule has 0 unspecified atom stereocenters. The predicted octanol–water partition coefficient (Wildman–Crippen LogP) is 6.56. The summed E-state index contributed by atoms with van der Waals surface area (Å²) in [5.74, 6) is -0.157. The number of amides is 1. The average molecular weight is 410 g/mol. The van der Waals surface area contributed by atoms with Crippen LogP contribution in [0.5, 0.6) is 0 Å². The average Bonchev–Trinajstić information content (AvgIpc) is 2.75. The van der Waals surface area contributed by atoms with Crippen LogP contribution in [0.3, 0.4) is 0 Å². The highest BCUT2D eigenvalue weighted by Gasteiger charge is 2.29. The van der Waals surface area contributed by atoms with Gasteiger partial charge >= 0.3 is 0 Å². The Morgan fingerprint density at radius 3 is 2.16 bits per heavy atom. The molecule has 3 aromatic rings. The van der Waals surface area contributed by atoms with Crippen LogP contribution in [0.1, 0.15) is 70.2 Å². The van der Waals surface area contributed by atoms with Gasteiger partial charge in [0.05, 0.1) is 0 Å². The van der Waals surface area contributed by atoms with E-state index in [1.807, 2.05) is 12.1 Å². The van der Waals surface area contributed by atoms with Crippen LogP contribution < -0.4 is 5.32 Å². The fourth-order valence-electron chi connectivity index (χ4n) is 4.07. The van der Waals surface area contributed by atoms with Gasteiger partial charge in [-0.1, -0.05) is 55.8 Å². The molecule has 1 aliphatic carbocycles. The molecule has 1 N–H and O–H groups in total. The van der Waals surface area contributed by atoms with Crippen LogP contribution >= 0.6 is 0 Å². The molecular weight excluding hydrogens is 382 g/mol. The number of ketones is 1. The molecule has 0 aliphatic heterocycles. The number of hydrogen-bond donors (Lipinski definition) is 1. The number of benzene rings is 3. The van der Waals surface area contributed by atoms with Crippen molar-refractivity contribution >= 4 is 23.0 Å². The van der Waals surface area contributed by atoms with Gasteiger partial charge < -0.3 is 5.32 Å². The van der Waals surface area contributed by atoms with E-state index in [-0.39, 0.29) is 17.1 Å². The van der Waals surface area contributed by atoms with E-state index in [2.05, 4.69) is 62.5 Å². The van der Waals surface area contributed by atoms with E-state index in [0.717, 1.165) is 12.0 Å². The zero-order valence-corrected chi connectivity index (χ0v) is 18.5. The van der Waals surface area contributed by atoms with Gasteiger partial charge in [0, 0.05) is 16.8 Å². The standard InChI is InChI=1S/C28H27NO2/c1-18-5-7-21(8-6-18)24-15-16-28(3,4)26-14-11-22(17-25(24)26)27(31)29-23-12-9-20(10-13-23)19(2)30/h5-15,17H,16H2,1-4H3,(H,29,31). The summed E-state index contributed by atoms with van der Waals surface area (Å²) in [5.41, 5.74) is 7.86. The first-order valence-corrected chi connectivity index (χ1v) is 10.6. The molecule has 0 fully saturated rings. The van der Waals surface area contributed by atoms with Gasteiger partial charge in [0.2, 0.25) is 0 Å². The van der Waals surface area contributed by atoms with Crippen molar-refractivity contribution in [1.29, 1.82) is 0 Å². The highest BCUT2D eigenvalue weighted by molar-refractivity contribution is 6.05. The molecule has 0 aromatic heterocycles. The minimum atomic E-state index is -0.162. The second-order valence-electron chi connectivity index (χ2n) is 8.92. The maximum absolute atomic E-state index is 13.0. The minimum absolute atomic E-state index is 0.00519. The lowest BCUT2D eigenvalue weighted by atomic mass is 9.72. The Balaban J connectivity index is 1.67. The fourth-order valence-corrected chi connectivity index (χ4v) is 4.07. The van der Waals surface area contributed by atoms with Crippen LogP contribution in [-0.4, -0.2) is 11.7 Å². The molecule has 0 atom stereocenters. The number of carbonyl (C=O) groups excluding carboxylic acids is 2. The summed E-state index contributed by atoms with van der Waals surface area (Å²) in [4.78, 5) is 24.4. The van der Waals surface area contributed by atoms with Gasteiger partial charge in [-0.25, -0.2) is 0 Å². The number of aryl methyl sites for hydroxylation is 1. The maximum atomic E-state index is 13.0. The third-order valence-corrected chi connectivity index (χ3v) is 6.03. The Bertz CT molecular complexity index is 1180. The highest BCUT2D eigenvalue weighted by atomic mass is 16.1. The van der Waals surface area contributed by atoms with E-state index in [9.17, 15) is 9.59 Å². The first-order chi connectivity index (χ1) is 14.7. The smallest absolute Gasteiger partial charge is 0.255 e. The van der Waals surface area contributed by atoms with Gasteiger partial charge in [0.25, 0.3) is 5.91 Å². The van der Waals surface area contributed by atoms with Crippen molar-refractivity contribution in [3.8, 4) is 0 Å². The molecule has 3 aromatic carbocycles. The molecule has 0 radical (unpaired) electrons. The number of anilines is 1. The van der Waals surface area contributed by atoms with Gasteiger partial charge in [-0.2, -0.15) is 0 Å². The second-order valence-corrected chi connectivity index (χ2v) is 8.92. The summed E-state index contributed by atoms with van der Waals surface area (Å²) >= 11 is 0. The molecule has 1 aliphatic rings. The lowest BCUT2D eigenvalue weighted by Crippen LogP contribution is -2.23. The monoisotopic (exact) mass is 409 g/mol. The maximum Gasteiger partial charge on any atom is 0.255 e. The lowest BCUT2D eigenvalue weighted by molar-refractivity contribution is 0.101. The number of hydrogen-bond acceptors (Lipinski definition) is 2. The number of fused-ring (bicyclic) bond motifs is 1. The lowest BCUT2D eigenvalue weighted by Gasteiger charge is -2.32. The number of allylic oxidation sites excluding steroid dienone is 1. The summed E-state index contributed by atoms with van der Waals surface area (Å²) in [6.45, 7) is 8.10. The van der Waals surface area contributed by atoms with Crippen LogP contribution in [0.4, 0.5) is 5.69 Å². The topological polar surface area (TPSA) is 46.2 Å². The zero-order valence-electron chi connectivity index (χ0n) is 18.5. The molecule has 0 heterocycles. The van der Waals surface area contributed by atoms with E-state index in [4.69, 9.17) is 0 Å². The number of nitrogens with one attached hydrogen (secondary N) is 1. The van der Waals surface area contributed by atoms with E-state index in [0.29, 0.717) is 16.8 Å². The third-order valence-electron chi connectivity index (χ3n) is 6.03. The first-order valence-electron chi connectivity index (χ1n) is 10.6. The molecule has 3 nitrogen and oxygen atoms in total. The molecule has 31 heavy (non-hydrogen) atoms. The van der Waals surface area contributed by atoms with Crippen LogP contribution in [0.15, 0.2) is 72.8 Å². The van der Waals surface area contributed by atoms with Gasteiger partial charge in [-0.3, -0.25) is 9.59 Å². The van der Waals surface area contributed by atoms with E-state index >= 15 is 0 Å². The summed E-state index contributed by atoms with van der Waals surface area (Å²) in [5, 5.41) is 2.94. The Labute approximate surface area is 183 Å². The molecule has 0 bridgehead atoms. The Morgan fingerprint density at radius 1 is 0.871 bits per heavy atom. The fraction of sp³-hybridized carbons (Fsp3) is 0.214. The molecule has 0 saturated heterocycles. The van der Waals surface area contributed by atoms with E-state index < -0.39 is 0 Å². The van der Waals surface area contributed by atoms with Gasteiger partial charge in [-0.05, 0) is 84.3 Å². The summed E-state index contributed by atoms with van der Waals surface area (Å²) in [7, 11) is 0. The van der Waals surface area contributed by atoms with Gasteiger partial charge in [-0.15, -0.1) is 0 Å². The van der Waals surface area contributed by atoms with Crippen LogP contribution in [0, 0.1) is 6.92 Å². The van der Waals surface area contributed by atoms with Crippen molar-refractivity contribution in [3.05, 3.63) is 106 Å². The van der Waals surface area contributed by atoms with Crippen molar-refractivity contribution in [2.75, 3.05) is 5.32 Å². The predicted molar refractivity (Wildman–Crippen MR) is 127 cm³/mol. The summed E-state index contributed by atoms with van der Waals surface area (Å²) in [6, 6.07) is 21.5. The quantitative estimate of drug-likeness (QED) is 0.496. The molecule has 3 heteroatoms. The Hall–Kier alpha value is -3.46. The number of Topliss-reactive ketones (excluding diaryl/α,β-unsaturated/α-hetero) is 1. The van der Waals surface area contributed by atoms with Crippen LogP contribution in [0.2, 0.25) is 0 Å². The van der Waals surface area contributed by atoms with Crippen LogP contribution in [0.25, 0.3) is 5.57 Å². The normalized spacial score (nSPS) is 14.4.